The van der Waals surface area contributed by atoms with Crippen LogP contribution < -0.4 is 33.2 Å². The van der Waals surface area contributed by atoms with Crippen LogP contribution in [0, 0.1) is 5.92 Å². The van der Waals surface area contributed by atoms with Crippen LogP contribution in [0.15, 0.2) is 35.3 Å². The number of nitrogens with zero attached hydrogens (tertiary/aromatic N) is 1. The smallest absolute Gasteiger partial charge is 0.326 e. The van der Waals surface area contributed by atoms with Crippen molar-refractivity contribution in [3.63, 3.8) is 0 Å². The van der Waals surface area contributed by atoms with Gasteiger partial charge < -0.3 is 43.4 Å². The second-order valence-corrected chi connectivity index (χ2v) is 9.18. The van der Waals surface area contributed by atoms with Gasteiger partial charge in [0, 0.05) is 13.0 Å². The zero-order valence-electron chi connectivity index (χ0n) is 22.1. The minimum absolute atomic E-state index is 0.0373. The van der Waals surface area contributed by atoms with Gasteiger partial charge in [0.25, 0.3) is 0 Å². The van der Waals surface area contributed by atoms with E-state index in [1.54, 1.807) is 44.2 Å². The maximum Gasteiger partial charge on any atom is 0.326 e. The van der Waals surface area contributed by atoms with Gasteiger partial charge in [-0.2, -0.15) is 0 Å². The lowest BCUT2D eigenvalue weighted by Crippen LogP contribution is -2.59. The van der Waals surface area contributed by atoms with E-state index in [9.17, 15) is 29.1 Å². The number of carbonyl (C=O) groups is 5. The Morgan fingerprint density at radius 1 is 0.923 bits per heavy atom. The van der Waals surface area contributed by atoms with Crippen LogP contribution in [0.25, 0.3) is 0 Å². The van der Waals surface area contributed by atoms with Gasteiger partial charge in [0.15, 0.2) is 5.96 Å². The summed E-state index contributed by atoms with van der Waals surface area (Å²) in [5.41, 5.74) is 16.9. The molecule has 5 unspecified atom stereocenters. The molecule has 39 heavy (non-hydrogen) atoms. The molecule has 1 rings (SSSR count). The minimum atomic E-state index is -1.39. The second kappa shape index (κ2) is 16.6. The van der Waals surface area contributed by atoms with Gasteiger partial charge >= 0.3 is 11.9 Å². The number of benzene rings is 1. The van der Waals surface area contributed by atoms with Crippen molar-refractivity contribution in [1.29, 1.82) is 0 Å². The first kappa shape index (κ1) is 32.8. The number of carboxylic acid groups (broad SMARTS) is 2. The highest BCUT2D eigenvalue weighted by atomic mass is 16.4. The average molecular weight is 550 g/mol. The molecule has 0 aliphatic rings. The summed E-state index contributed by atoms with van der Waals surface area (Å²) in [6.07, 6.45) is 0.211. The average Bonchev–Trinajstić information content (AvgIpc) is 2.87. The van der Waals surface area contributed by atoms with Gasteiger partial charge in [0.1, 0.15) is 18.1 Å². The quantitative estimate of drug-likeness (QED) is 0.0645. The van der Waals surface area contributed by atoms with Crippen LogP contribution in [0.5, 0.6) is 0 Å². The van der Waals surface area contributed by atoms with Gasteiger partial charge in [-0.25, -0.2) is 4.79 Å². The summed E-state index contributed by atoms with van der Waals surface area (Å²) < 4.78 is 0. The molecule has 216 valence electrons. The van der Waals surface area contributed by atoms with Crippen molar-refractivity contribution in [3.05, 3.63) is 35.9 Å². The fourth-order valence-corrected chi connectivity index (χ4v) is 3.60. The zero-order chi connectivity index (χ0) is 29.5. The van der Waals surface area contributed by atoms with E-state index in [0.717, 1.165) is 0 Å². The Morgan fingerprint density at radius 3 is 2.08 bits per heavy atom. The van der Waals surface area contributed by atoms with Crippen LogP contribution in [0.4, 0.5) is 0 Å². The highest BCUT2D eigenvalue weighted by Crippen LogP contribution is 2.11. The highest BCUT2D eigenvalue weighted by Gasteiger charge is 2.33. The number of aliphatic imine (C=N–C) groups is 1. The molecule has 0 heterocycles. The standard InChI is InChI=1S/C25H39N7O7/c1-3-14(2)20(23(37)30-17(24(38)39)10-7-11-29-25(27)28)32-22(36)18(12-15-8-5-4-6-9-15)31-21(35)16(26)13-19(33)34/h4-6,8-9,14,16-18,20H,3,7,10-13,26H2,1-2H3,(H,30,37)(H,31,35)(H,32,36)(H,33,34)(H,38,39)(H4,27,28,29). The van der Waals surface area contributed by atoms with Crippen molar-refractivity contribution >= 4 is 35.6 Å². The predicted octanol–water partition coefficient (Wildman–Crippen LogP) is -1.33. The summed E-state index contributed by atoms with van der Waals surface area (Å²) in [7, 11) is 0. The summed E-state index contributed by atoms with van der Waals surface area (Å²) in [5.74, 6) is -5.33. The van der Waals surface area contributed by atoms with Crippen molar-refractivity contribution in [2.45, 2.75) is 70.1 Å². The number of guanidine groups is 1. The first-order valence-electron chi connectivity index (χ1n) is 12.6. The number of carbonyl (C=O) groups excluding carboxylic acids is 3. The highest BCUT2D eigenvalue weighted by molar-refractivity contribution is 5.95. The molecule has 0 spiro atoms. The molecule has 11 N–H and O–H groups in total. The van der Waals surface area contributed by atoms with Crippen molar-refractivity contribution in [3.8, 4) is 0 Å². The number of nitrogens with one attached hydrogen (secondary N) is 3. The Hall–Kier alpha value is -4.20. The molecule has 14 nitrogen and oxygen atoms in total. The normalized spacial score (nSPS) is 14.5. The lowest BCUT2D eigenvalue weighted by Gasteiger charge is -2.28. The van der Waals surface area contributed by atoms with Crippen molar-refractivity contribution in [1.82, 2.24) is 16.0 Å². The Balaban J connectivity index is 3.08. The number of rotatable bonds is 17. The Labute approximate surface area is 226 Å². The topological polar surface area (TPSA) is 252 Å². The number of amides is 3. The molecular formula is C25H39N7O7. The third kappa shape index (κ3) is 12.3. The molecule has 1 aromatic carbocycles. The summed E-state index contributed by atoms with van der Waals surface area (Å²) in [6.45, 7) is 3.69. The number of nitrogens with two attached hydrogens (primary N) is 3. The van der Waals surface area contributed by atoms with Gasteiger partial charge in [-0.1, -0.05) is 50.6 Å². The van der Waals surface area contributed by atoms with E-state index in [1.807, 2.05) is 0 Å². The van der Waals surface area contributed by atoms with Crippen LogP contribution in [0.1, 0.15) is 45.1 Å². The van der Waals surface area contributed by atoms with Crippen LogP contribution >= 0.6 is 0 Å². The maximum atomic E-state index is 13.3. The lowest BCUT2D eigenvalue weighted by atomic mass is 9.96. The molecule has 0 saturated heterocycles. The summed E-state index contributed by atoms with van der Waals surface area (Å²) in [5, 5.41) is 26.1. The van der Waals surface area contributed by atoms with Crippen molar-refractivity contribution < 1.29 is 34.2 Å². The summed E-state index contributed by atoms with van der Waals surface area (Å²) in [6, 6.07) is 3.80. The van der Waals surface area contributed by atoms with Crippen molar-refractivity contribution in [2.75, 3.05) is 6.54 Å². The Bertz CT molecular complexity index is 1020. The van der Waals surface area contributed by atoms with Gasteiger partial charge in [0.05, 0.1) is 12.5 Å². The molecule has 0 aromatic heterocycles. The Morgan fingerprint density at radius 2 is 1.54 bits per heavy atom. The van der Waals surface area contributed by atoms with E-state index in [-0.39, 0.29) is 31.8 Å². The monoisotopic (exact) mass is 549 g/mol. The number of aliphatic carboxylic acids is 2. The summed E-state index contributed by atoms with van der Waals surface area (Å²) in [4.78, 5) is 65.5. The number of carboxylic acids is 2. The van der Waals surface area contributed by atoms with E-state index in [1.165, 1.54) is 0 Å². The second-order valence-electron chi connectivity index (χ2n) is 9.18. The molecule has 5 atom stereocenters. The van der Waals surface area contributed by atoms with E-state index >= 15 is 0 Å². The molecule has 3 amide bonds. The molecule has 0 saturated carbocycles. The van der Waals surface area contributed by atoms with Crippen LogP contribution in [-0.4, -0.2) is 76.5 Å². The number of hydrogen-bond acceptors (Lipinski definition) is 7. The van der Waals surface area contributed by atoms with Gasteiger partial charge in [-0.3, -0.25) is 24.2 Å². The molecule has 1 aromatic rings. The maximum absolute atomic E-state index is 13.3. The first-order chi connectivity index (χ1) is 18.3. The third-order valence-electron chi connectivity index (χ3n) is 6.00. The van der Waals surface area contributed by atoms with E-state index in [0.29, 0.717) is 12.0 Å². The third-order valence-corrected chi connectivity index (χ3v) is 6.00. The fraction of sp³-hybridized carbons (Fsp3) is 0.520. The Kier molecular flexibility index (Phi) is 14.0. The number of hydrogen-bond donors (Lipinski definition) is 8. The van der Waals surface area contributed by atoms with Crippen molar-refractivity contribution in [2.24, 2.45) is 28.1 Å². The van der Waals surface area contributed by atoms with Gasteiger partial charge in [-0.15, -0.1) is 0 Å². The molecule has 0 fully saturated rings. The molecule has 0 aliphatic heterocycles. The van der Waals surface area contributed by atoms with Crippen LogP contribution in [0.3, 0.4) is 0 Å². The fourth-order valence-electron chi connectivity index (χ4n) is 3.60. The summed E-state index contributed by atoms with van der Waals surface area (Å²) >= 11 is 0. The molecule has 14 heteroatoms. The lowest BCUT2D eigenvalue weighted by molar-refractivity contribution is -0.142. The van der Waals surface area contributed by atoms with Crippen LogP contribution in [0.2, 0.25) is 0 Å². The predicted molar refractivity (Wildman–Crippen MR) is 143 cm³/mol. The van der Waals surface area contributed by atoms with Gasteiger partial charge in [-0.05, 0) is 24.3 Å². The van der Waals surface area contributed by atoms with Crippen LogP contribution in [-0.2, 0) is 30.4 Å². The molecular weight excluding hydrogens is 510 g/mol. The largest absolute Gasteiger partial charge is 0.481 e. The molecule has 0 bridgehead atoms. The van der Waals surface area contributed by atoms with E-state index in [2.05, 4.69) is 20.9 Å². The molecule has 0 aliphatic carbocycles. The van der Waals surface area contributed by atoms with E-state index in [4.69, 9.17) is 22.3 Å². The van der Waals surface area contributed by atoms with E-state index < -0.39 is 66.2 Å². The van der Waals surface area contributed by atoms with Gasteiger partial charge in [0.2, 0.25) is 17.7 Å². The minimum Gasteiger partial charge on any atom is -0.481 e. The zero-order valence-corrected chi connectivity index (χ0v) is 22.1. The molecule has 0 radical (unpaired) electrons. The first-order valence-corrected chi connectivity index (χ1v) is 12.6. The SMILES string of the molecule is CCC(C)C(NC(=O)C(Cc1ccccc1)NC(=O)C(N)CC(=O)O)C(=O)NC(CCCN=C(N)N)C(=O)O.